The van der Waals surface area contributed by atoms with Crippen LogP contribution in [0.25, 0.3) is 0 Å². The van der Waals surface area contributed by atoms with E-state index < -0.39 is 5.82 Å². The Balaban J connectivity index is 2.05. The summed E-state index contributed by atoms with van der Waals surface area (Å²) in [5, 5.41) is 24.3. The average molecular weight is 325 g/mol. The predicted octanol–water partition coefficient (Wildman–Crippen LogP) is 3.27. The molecule has 0 saturated heterocycles. The van der Waals surface area contributed by atoms with E-state index in [0.717, 1.165) is 17.8 Å². The van der Waals surface area contributed by atoms with Crippen LogP contribution in [-0.4, -0.2) is 9.78 Å². The topological polar surface area (TPSA) is 86.7 Å². The fourth-order valence-corrected chi connectivity index (χ4v) is 1.97. The highest BCUT2D eigenvalue weighted by Crippen LogP contribution is 2.22. The summed E-state index contributed by atoms with van der Waals surface area (Å²) in [5.74, 6) is -0.418. The number of aromatic nitrogens is 2. The Morgan fingerprint density at radius 3 is 2.75 bits per heavy atom. The van der Waals surface area contributed by atoms with Crippen LogP contribution >= 0.6 is 0 Å². The maximum atomic E-state index is 14.1. The molecule has 0 aliphatic rings. The number of anilines is 1. The Hall–Kier alpha value is -3.32. The first-order valence-corrected chi connectivity index (χ1v) is 7.29. The second-order valence-electron chi connectivity index (χ2n) is 4.96. The van der Waals surface area contributed by atoms with E-state index in [4.69, 9.17) is 15.3 Å². The van der Waals surface area contributed by atoms with E-state index in [2.05, 4.69) is 10.4 Å². The first-order valence-electron chi connectivity index (χ1n) is 7.29. The summed E-state index contributed by atoms with van der Waals surface area (Å²) in [4.78, 5) is 0. The Morgan fingerprint density at radius 1 is 1.42 bits per heavy atom. The molecule has 0 fully saturated rings. The molecule has 7 heteroatoms. The number of benzene rings is 1. The molecule has 1 heterocycles. The molecular formula is C17H16FN5O. The quantitative estimate of drug-likeness (QED) is 0.824. The first kappa shape index (κ1) is 17.0. The molecule has 2 aromatic rings. The van der Waals surface area contributed by atoms with Crippen molar-refractivity contribution < 1.29 is 9.13 Å². The van der Waals surface area contributed by atoms with Crippen LogP contribution in [0.15, 0.2) is 36.2 Å². The maximum Gasteiger partial charge on any atom is 0.167 e. The third-order valence-electron chi connectivity index (χ3n) is 3.31. The van der Waals surface area contributed by atoms with E-state index in [1.54, 1.807) is 22.9 Å². The van der Waals surface area contributed by atoms with E-state index in [9.17, 15) is 4.39 Å². The van der Waals surface area contributed by atoms with Crippen molar-refractivity contribution in [2.45, 2.75) is 27.0 Å². The number of nitrogens with one attached hydrogen (secondary N) is 1. The Kier molecular flexibility index (Phi) is 5.54. The smallest absolute Gasteiger partial charge is 0.167 e. The summed E-state index contributed by atoms with van der Waals surface area (Å²) in [6, 6.07) is 7.75. The Labute approximate surface area is 139 Å². The summed E-state index contributed by atoms with van der Waals surface area (Å²) >= 11 is 0. The van der Waals surface area contributed by atoms with Gasteiger partial charge in [0.1, 0.15) is 24.3 Å². The number of nitriles is 2. The molecule has 1 aromatic heterocycles. The lowest BCUT2D eigenvalue weighted by atomic mass is 10.2. The molecule has 0 atom stereocenters. The second kappa shape index (κ2) is 7.80. The molecule has 0 saturated carbocycles. The Bertz CT molecular complexity index is 826. The molecule has 122 valence electrons. The van der Waals surface area contributed by atoms with Crippen LogP contribution in [0, 0.1) is 35.4 Å². The van der Waals surface area contributed by atoms with Gasteiger partial charge in [0.2, 0.25) is 0 Å². The van der Waals surface area contributed by atoms with Crippen molar-refractivity contribution in [2.75, 3.05) is 5.32 Å². The van der Waals surface area contributed by atoms with E-state index in [-0.39, 0.29) is 17.9 Å². The zero-order valence-electron chi connectivity index (χ0n) is 13.4. The van der Waals surface area contributed by atoms with Crippen LogP contribution in [0.5, 0.6) is 5.75 Å². The van der Waals surface area contributed by atoms with Gasteiger partial charge in [0.15, 0.2) is 11.6 Å². The van der Waals surface area contributed by atoms with E-state index in [1.165, 1.54) is 18.3 Å². The minimum Gasteiger partial charge on any atom is -0.486 e. The number of hydrogen-bond acceptors (Lipinski definition) is 5. The largest absolute Gasteiger partial charge is 0.486 e. The van der Waals surface area contributed by atoms with Gasteiger partial charge in [0, 0.05) is 36.3 Å². The number of rotatable bonds is 6. The fraction of sp³-hybridized carbons (Fsp3) is 0.235. The highest BCUT2D eigenvalue weighted by molar-refractivity contribution is 5.51. The van der Waals surface area contributed by atoms with Crippen molar-refractivity contribution in [2.24, 2.45) is 0 Å². The second-order valence-corrected chi connectivity index (χ2v) is 4.96. The molecule has 0 unspecified atom stereocenters. The SMILES string of the molecule is CCn1cc(COc2ccc(NC=C(C#N)C#N)cc2F)c(C)n1. The van der Waals surface area contributed by atoms with Crippen molar-refractivity contribution in [1.29, 1.82) is 10.5 Å². The van der Waals surface area contributed by atoms with Gasteiger partial charge in [0.05, 0.1) is 5.69 Å². The lowest BCUT2D eigenvalue weighted by molar-refractivity contribution is 0.289. The number of aryl methyl sites for hydroxylation is 2. The van der Waals surface area contributed by atoms with E-state index >= 15 is 0 Å². The molecule has 0 radical (unpaired) electrons. The summed E-state index contributed by atoms with van der Waals surface area (Å²) in [5.41, 5.74) is 2.06. The molecule has 0 bridgehead atoms. The number of halogens is 1. The van der Waals surface area contributed by atoms with Gasteiger partial charge in [-0.2, -0.15) is 15.6 Å². The molecular weight excluding hydrogens is 309 g/mol. The van der Waals surface area contributed by atoms with Crippen LogP contribution in [0.4, 0.5) is 10.1 Å². The highest BCUT2D eigenvalue weighted by Gasteiger charge is 2.08. The van der Waals surface area contributed by atoms with Crippen molar-refractivity contribution in [3.63, 3.8) is 0 Å². The zero-order valence-corrected chi connectivity index (χ0v) is 13.4. The zero-order chi connectivity index (χ0) is 17.5. The summed E-state index contributed by atoms with van der Waals surface area (Å²) in [6.07, 6.45) is 3.09. The van der Waals surface area contributed by atoms with Crippen LogP contribution in [0.2, 0.25) is 0 Å². The number of ether oxygens (including phenoxy) is 1. The third kappa shape index (κ3) is 4.11. The van der Waals surface area contributed by atoms with Crippen molar-refractivity contribution >= 4 is 5.69 Å². The molecule has 2 rings (SSSR count). The van der Waals surface area contributed by atoms with Crippen LogP contribution < -0.4 is 10.1 Å². The first-order chi connectivity index (χ1) is 11.6. The summed E-state index contributed by atoms with van der Waals surface area (Å²) < 4.78 is 21.4. The van der Waals surface area contributed by atoms with E-state index in [1.807, 2.05) is 20.0 Å². The molecule has 0 amide bonds. The van der Waals surface area contributed by atoms with Crippen molar-refractivity contribution in [1.82, 2.24) is 9.78 Å². The van der Waals surface area contributed by atoms with Gasteiger partial charge in [-0.25, -0.2) is 4.39 Å². The van der Waals surface area contributed by atoms with Gasteiger partial charge < -0.3 is 10.1 Å². The van der Waals surface area contributed by atoms with Gasteiger partial charge in [-0.1, -0.05) is 0 Å². The maximum absolute atomic E-state index is 14.1. The Morgan fingerprint density at radius 2 is 2.17 bits per heavy atom. The lowest BCUT2D eigenvalue weighted by Crippen LogP contribution is -1.99. The molecule has 24 heavy (non-hydrogen) atoms. The van der Waals surface area contributed by atoms with Crippen molar-refractivity contribution in [3.05, 3.63) is 53.2 Å². The molecule has 1 N–H and O–H groups in total. The normalized spacial score (nSPS) is 9.71. The predicted molar refractivity (Wildman–Crippen MR) is 86.3 cm³/mol. The standard InChI is InChI=1S/C17H16FN5O/c1-3-23-10-14(12(2)22-23)11-24-17-5-4-15(6-16(17)18)21-9-13(7-19)8-20/h4-6,9-10,21H,3,11H2,1-2H3. The van der Waals surface area contributed by atoms with Gasteiger partial charge >= 0.3 is 0 Å². The highest BCUT2D eigenvalue weighted by atomic mass is 19.1. The lowest BCUT2D eigenvalue weighted by Gasteiger charge is -2.08. The van der Waals surface area contributed by atoms with Gasteiger partial charge in [-0.3, -0.25) is 4.68 Å². The van der Waals surface area contributed by atoms with Crippen LogP contribution in [0.1, 0.15) is 18.2 Å². The third-order valence-corrected chi connectivity index (χ3v) is 3.31. The molecule has 0 spiro atoms. The fourth-order valence-electron chi connectivity index (χ4n) is 1.97. The van der Waals surface area contributed by atoms with Crippen LogP contribution in [0.3, 0.4) is 0 Å². The summed E-state index contributed by atoms with van der Waals surface area (Å²) in [7, 11) is 0. The van der Waals surface area contributed by atoms with Gasteiger partial charge in [-0.15, -0.1) is 0 Å². The molecule has 0 aliphatic heterocycles. The van der Waals surface area contributed by atoms with E-state index in [0.29, 0.717) is 5.69 Å². The average Bonchev–Trinajstić information content (AvgIpc) is 2.95. The van der Waals surface area contributed by atoms with Crippen LogP contribution in [-0.2, 0) is 13.2 Å². The minimum atomic E-state index is -0.538. The molecule has 0 aliphatic carbocycles. The molecule has 1 aromatic carbocycles. The van der Waals surface area contributed by atoms with Gasteiger partial charge in [0.25, 0.3) is 0 Å². The van der Waals surface area contributed by atoms with Gasteiger partial charge in [-0.05, 0) is 26.0 Å². The monoisotopic (exact) mass is 325 g/mol. The molecule has 6 nitrogen and oxygen atoms in total. The number of hydrogen-bond donors (Lipinski definition) is 1. The van der Waals surface area contributed by atoms with Crippen molar-refractivity contribution in [3.8, 4) is 17.9 Å². The number of allylic oxidation sites excluding steroid dienone is 1. The number of nitrogens with zero attached hydrogens (tertiary/aromatic N) is 4. The summed E-state index contributed by atoms with van der Waals surface area (Å²) in [6.45, 7) is 4.85. The minimum absolute atomic E-state index is 0.0980.